The number of aryl methyl sites for hydroxylation is 1. The first-order valence-electron chi connectivity index (χ1n) is 15.6. The van der Waals surface area contributed by atoms with Crippen molar-refractivity contribution in [3.8, 4) is 5.75 Å². The molecule has 1 unspecified atom stereocenters. The number of nitrogens with zero attached hydrogens (tertiary/aromatic N) is 2. The normalized spacial score (nSPS) is 11.9. The molecule has 46 heavy (non-hydrogen) atoms. The predicted molar refractivity (Wildman–Crippen MR) is 182 cm³/mol. The van der Waals surface area contributed by atoms with Gasteiger partial charge >= 0.3 is 0 Å². The van der Waals surface area contributed by atoms with Crippen molar-refractivity contribution in [3.05, 3.63) is 126 Å². The topological polar surface area (TPSA) is 96.0 Å². The number of benzene rings is 4. The van der Waals surface area contributed by atoms with Gasteiger partial charge in [0, 0.05) is 19.5 Å². The van der Waals surface area contributed by atoms with Crippen LogP contribution in [0.4, 0.5) is 5.69 Å². The Balaban J connectivity index is 1.78. The van der Waals surface area contributed by atoms with Crippen molar-refractivity contribution in [1.29, 1.82) is 0 Å². The highest BCUT2D eigenvalue weighted by Gasteiger charge is 2.34. The average Bonchev–Trinajstić information content (AvgIpc) is 3.05. The summed E-state index contributed by atoms with van der Waals surface area (Å²) in [5.41, 5.74) is 2.92. The Hall–Kier alpha value is -4.63. The lowest BCUT2D eigenvalue weighted by molar-refractivity contribution is -0.140. The van der Waals surface area contributed by atoms with E-state index in [1.165, 1.54) is 17.0 Å². The monoisotopic (exact) mass is 641 g/mol. The molecule has 9 heteroatoms. The Bertz CT molecular complexity index is 1660. The summed E-state index contributed by atoms with van der Waals surface area (Å²) in [4.78, 5) is 29.9. The van der Waals surface area contributed by atoms with Gasteiger partial charge in [0.2, 0.25) is 11.8 Å². The molecule has 4 aromatic rings. The molecule has 0 radical (unpaired) electrons. The molecule has 0 spiro atoms. The second-order valence-electron chi connectivity index (χ2n) is 11.6. The van der Waals surface area contributed by atoms with Crippen LogP contribution in [0.1, 0.15) is 37.5 Å². The van der Waals surface area contributed by atoms with E-state index in [9.17, 15) is 18.0 Å². The van der Waals surface area contributed by atoms with Crippen LogP contribution in [0.5, 0.6) is 5.75 Å². The highest BCUT2D eigenvalue weighted by atomic mass is 32.2. The maximum atomic E-state index is 14.5. The largest absolute Gasteiger partial charge is 0.494 e. The van der Waals surface area contributed by atoms with Crippen LogP contribution in [-0.2, 0) is 32.6 Å². The number of sulfonamides is 1. The first-order chi connectivity index (χ1) is 22.1. The van der Waals surface area contributed by atoms with E-state index in [1.54, 1.807) is 36.4 Å². The van der Waals surface area contributed by atoms with Gasteiger partial charge in [-0.1, -0.05) is 92.2 Å². The molecule has 2 amide bonds. The highest BCUT2D eigenvalue weighted by molar-refractivity contribution is 7.92. The summed E-state index contributed by atoms with van der Waals surface area (Å²) in [6, 6.07) is 31.2. The smallest absolute Gasteiger partial charge is 0.264 e. The van der Waals surface area contributed by atoms with Gasteiger partial charge in [0.25, 0.3) is 10.0 Å². The summed E-state index contributed by atoms with van der Waals surface area (Å²) in [5.74, 6) is -0.0139. The Labute approximate surface area is 273 Å². The zero-order valence-electron chi connectivity index (χ0n) is 26.9. The fourth-order valence-corrected chi connectivity index (χ4v) is 6.41. The van der Waals surface area contributed by atoms with E-state index in [2.05, 4.69) is 5.32 Å². The fourth-order valence-electron chi connectivity index (χ4n) is 5.00. The van der Waals surface area contributed by atoms with Crippen LogP contribution in [0.25, 0.3) is 0 Å². The molecule has 0 saturated heterocycles. The molecule has 242 valence electrons. The number of hydrogen-bond acceptors (Lipinski definition) is 5. The SMILES string of the molecule is CCOc1ccc(N(CC(=O)N(Cc2ccccc2)C(Cc2ccccc2)C(=O)NCC(C)C)S(=O)(=O)c2ccc(C)cc2)cc1. The fraction of sp³-hybridized carbons (Fsp3) is 0.297. The Morgan fingerprint density at radius 3 is 1.96 bits per heavy atom. The molecule has 4 rings (SSSR count). The first kappa shape index (κ1) is 34.2. The summed E-state index contributed by atoms with van der Waals surface area (Å²) in [7, 11) is -4.18. The quantitative estimate of drug-likeness (QED) is 0.172. The standard InChI is InChI=1S/C37H43N3O5S/c1-5-45-33-20-18-32(19-21-33)40(46(43,44)34-22-16-29(4)17-23-34)27-36(41)39(26-31-14-10-7-11-15-31)35(37(42)38-25-28(2)3)24-30-12-8-6-9-13-30/h6-23,28,35H,5,24-27H2,1-4H3,(H,38,42). The molecule has 0 heterocycles. The van der Waals surface area contributed by atoms with Crippen LogP contribution in [0.3, 0.4) is 0 Å². The molecule has 1 atom stereocenters. The van der Waals surface area contributed by atoms with Gasteiger partial charge < -0.3 is 15.0 Å². The molecule has 0 saturated carbocycles. The second kappa shape index (κ2) is 16.1. The van der Waals surface area contributed by atoms with Crippen LogP contribution in [-0.4, -0.2) is 50.9 Å². The van der Waals surface area contributed by atoms with Crippen LogP contribution < -0.4 is 14.4 Å². The third kappa shape index (κ3) is 9.20. The van der Waals surface area contributed by atoms with Crippen LogP contribution >= 0.6 is 0 Å². The molecule has 1 N–H and O–H groups in total. The van der Waals surface area contributed by atoms with Crippen LogP contribution in [0.2, 0.25) is 0 Å². The van der Waals surface area contributed by atoms with Gasteiger partial charge in [-0.15, -0.1) is 0 Å². The number of nitrogens with one attached hydrogen (secondary N) is 1. The molecule has 0 aromatic heterocycles. The first-order valence-corrected chi connectivity index (χ1v) is 17.0. The molecule has 0 bridgehead atoms. The second-order valence-corrected chi connectivity index (χ2v) is 13.5. The van der Waals surface area contributed by atoms with Gasteiger partial charge in [0.1, 0.15) is 18.3 Å². The summed E-state index contributed by atoms with van der Waals surface area (Å²) in [6.07, 6.45) is 0.261. The minimum absolute atomic E-state index is 0.0601. The summed E-state index contributed by atoms with van der Waals surface area (Å²) < 4.78 is 35.1. The van der Waals surface area contributed by atoms with E-state index < -0.39 is 28.5 Å². The number of rotatable bonds is 15. The van der Waals surface area contributed by atoms with E-state index in [4.69, 9.17) is 4.74 Å². The van der Waals surface area contributed by atoms with Crippen molar-refractivity contribution >= 4 is 27.5 Å². The van der Waals surface area contributed by atoms with E-state index in [0.29, 0.717) is 24.6 Å². The van der Waals surface area contributed by atoms with E-state index in [-0.39, 0.29) is 29.7 Å². The van der Waals surface area contributed by atoms with Crippen molar-refractivity contribution in [3.63, 3.8) is 0 Å². The molecule has 0 fully saturated rings. The minimum Gasteiger partial charge on any atom is -0.494 e. The molecular weight excluding hydrogens is 598 g/mol. The number of anilines is 1. The van der Waals surface area contributed by atoms with Crippen molar-refractivity contribution in [2.45, 2.75) is 51.6 Å². The van der Waals surface area contributed by atoms with Gasteiger partial charge in [-0.2, -0.15) is 0 Å². The summed E-state index contributed by atoms with van der Waals surface area (Å²) in [5, 5.41) is 3.01. The highest BCUT2D eigenvalue weighted by Crippen LogP contribution is 2.27. The molecular formula is C37H43N3O5S. The maximum absolute atomic E-state index is 14.5. The molecule has 0 aliphatic rings. The van der Waals surface area contributed by atoms with Crippen molar-refractivity contribution in [2.75, 3.05) is 24.0 Å². The number of ether oxygens (including phenoxy) is 1. The lowest BCUT2D eigenvalue weighted by Crippen LogP contribution is -2.53. The third-order valence-electron chi connectivity index (χ3n) is 7.47. The van der Waals surface area contributed by atoms with E-state index >= 15 is 0 Å². The maximum Gasteiger partial charge on any atom is 0.264 e. The lowest BCUT2D eigenvalue weighted by Gasteiger charge is -2.34. The Morgan fingerprint density at radius 1 is 0.804 bits per heavy atom. The Morgan fingerprint density at radius 2 is 1.39 bits per heavy atom. The number of amides is 2. The molecule has 4 aromatic carbocycles. The minimum atomic E-state index is -4.18. The molecule has 8 nitrogen and oxygen atoms in total. The van der Waals surface area contributed by atoms with Crippen molar-refractivity contribution in [2.24, 2.45) is 5.92 Å². The average molecular weight is 642 g/mol. The lowest BCUT2D eigenvalue weighted by atomic mass is 10.0. The van der Waals surface area contributed by atoms with E-state index in [0.717, 1.165) is 21.0 Å². The summed E-state index contributed by atoms with van der Waals surface area (Å²) >= 11 is 0. The Kier molecular flexibility index (Phi) is 12.0. The van der Waals surface area contributed by atoms with Gasteiger partial charge in [0.15, 0.2) is 0 Å². The van der Waals surface area contributed by atoms with Gasteiger partial charge in [0.05, 0.1) is 17.2 Å². The van der Waals surface area contributed by atoms with Crippen molar-refractivity contribution < 1.29 is 22.7 Å². The number of carbonyl (C=O) groups is 2. The summed E-state index contributed by atoms with van der Waals surface area (Å²) in [6.45, 7) is 8.26. The molecule has 0 aliphatic heterocycles. The number of carbonyl (C=O) groups excluding carboxylic acids is 2. The zero-order chi connectivity index (χ0) is 33.1. The molecule has 0 aliphatic carbocycles. The van der Waals surface area contributed by atoms with Crippen LogP contribution in [0, 0.1) is 12.8 Å². The van der Waals surface area contributed by atoms with Gasteiger partial charge in [-0.05, 0) is 67.3 Å². The zero-order valence-corrected chi connectivity index (χ0v) is 27.7. The van der Waals surface area contributed by atoms with Crippen molar-refractivity contribution in [1.82, 2.24) is 10.2 Å². The van der Waals surface area contributed by atoms with Gasteiger partial charge in [-0.25, -0.2) is 8.42 Å². The predicted octanol–water partition coefficient (Wildman–Crippen LogP) is 6.00. The van der Waals surface area contributed by atoms with E-state index in [1.807, 2.05) is 88.4 Å². The third-order valence-corrected chi connectivity index (χ3v) is 9.26. The van der Waals surface area contributed by atoms with Crippen LogP contribution in [0.15, 0.2) is 114 Å². The van der Waals surface area contributed by atoms with Gasteiger partial charge in [-0.3, -0.25) is 13.9 Å². The number of hydrogen-bond donors (Lipinski definition) is 1.